The summed E-state index contributed by atoms with van der Waals surface area (Å²) >= 11 is 0. The molecule has 0 unspecified atom stereocenters. The first-order chi connectivity index (χ1) is 35.3. The largest absolute Gasteiger partial charge is 0.321 e. The molecule has 4 heteroatoms. The molecule has 0 radical (unpaired) electrons. The molecule has 4 nitrogen and oxygen atoms in total. The van der Waals surface area contributed by atoms with Crippen LogP contribution in [0.3, 0.4) is 0 Å². The number of aryl methyl sites for hydroxylation is 1. The summed E-state index contributed by atoms with van der Waals surface area (Å²) < 4.78 is 2.47. The fourth-order valence-electron chi connectivity index (χ4n) is 14.7. The average molecular weight is 933 g/mol. The summed E-state index contributed by atoms with van der Waals surface area (Å²) in [7, 11) is 0. The van der Waals surface area contributed by atoms with Gasteiger partial charge in [-0.3, -0.25) is 4.57 Å². The highest BCUT2D eigenvalue weighted by Crippen LogP contribution is 2.65. The van der Waals surface area contributed by atoms with E-state index in [0.29, 0.717) is 18.5 Å². The van der Waals surface area contributed by atoms with Crippen LogP contribution in [0.25, 0.3) is 49.9 Å². The summed E-state index contributed by atoms with van der Waals surface area (Å²) in [5.41, 5.74) is 18.6. The topological polar surface area (TPSA) is 24.3 Å². The third-order valence-corrected chi connectivity index (χ3v) is 17.9. The number of hydrogen-bond acceptors (Lipinski definition) is 3. The molecule has 4 aliphatic carbocycles. The van der Waals surface area contributed by atoms with Gasteiger partial charge in [0.25, 0.3) is 0 Å². The van der Waals surface area contributed by atoms with Crippen molar-refractivity contribution in [2.75, 3.05) is 16.5 Å². The number of hydrogen-bond donors (Lipinski definition) is 0. The van der Waals surface area contributed by atoms with E-state index in [2.05, 4.69) is 248 Å². The van der Waals surface area contributed by atoms with Crippen LogP contribution in [0.5, 0.6) is 0 Å². The molecule has 72 heavy (non-hydrogen) atoms. The maximum absolute atomic E-state index is 5.28. The van der Waals surface area contributed by atoms with Gasteiger partial charge in [-0.05, 0) is 145 Å². The lowest BCUT2D eigenvalue weighted by molar-refractivity contribution is -0.0418. The molecule has 4 bridgehead atoms. The van der Waals surface area contributed by atoms with Crippen LogP contribution in [0.2, 0.25) is 0 Å². The van der Waals surface area contributed by atoms with Gasteiger partial charge in [-0.2, -0.15) is 0 Å². The average Bonchev–Trinajstić information content (AvgIpc) is 3.98. The molecule has 15 rings (SSSR count). The molecule has 4 saturated carbocycles. The van der Waals surface area contributed by atoms with Crippen molar-refractivity contribution in [3.8, 4) is 28.1 Å². The number of anilines is 4. The van der Waals surface area contributed by atoms with Gasteiger partial charge in [0.05, 0.1) is 28.1 Å². The number of rotatable bonds is 9. The second-order valence-electron chi connectivity index (χ2n) is 22.1. The number of benzene rings is 8. The zero-order chi connectivity index (χ0) is 48.1. The molecule has 352 valence electrons. The minimum atomic E-state index is -0.323. The van der Waals surface area contributed by atoms with Crippen molar-refractivity contribution >= 4 is 44.6 Å². The van der Waals surface area contributed by atoms with Crippen LogP contribution in [-0.4, -0.2) is 16.2 Å². The molecule has 1 aliphatic heterocycles. The summed E-state index contributed by atoms with van der Waals surface area (Å²) in [6, 6.07) is 77.3. The van der Waals surface area contributed by atoms with Crippen LogP contribution in [-0.2, 0) is 10.8 Å². The first-order valence-corrected chi connectivity index (χ1v) is 26.4. The molecule has 0 spiro atoms. The quantitative estimate of drug-likeness (QED) is 0.144. The molecule has 0 saturated heterocycles. The SMILES string of the molecule is Cc1ccc(C2(c3ccnc(-n4c5ccccc5c5ccc(C(C)(C)c6cccc(N7CN(c8c(-c9ccccc9)cccc8-c8ccccc8)c8ccccc87)c6)cc54)c3)C3CC4CC(C3)CC2C4)cc1. The van der Waals surface area contributed by atoms with Gasteiger partial charge in [0.15, 0.2) is 0 Å². The maximum atomic E-state index is 5.28. The second kappa shape index (κ2) is 16.7. The highest BCUT2D eigenvalue weighted by molar-refractivity contribution is 6.09. The van der Waals surface area contributed by atoms with Crippen molar-refractivity contribution < 1.29 is 0 Å². The predicted octanol–water partition coefficient (Wildman–Crippen LogP) is 17.1. The maximum Gasteiger partial charge on any atom is 0.137 e. The number of aromatic nitrogens is 2. The highest BCUT2D eigenvalue weighted by atomic mass is 15.4. The smallest absolute Gasteiger partial charge is 0.137 e. The Bertz CT molecular complexity index is 3590. The van der Waals surface area contributed by atoms with Gasteiger partial charge in [-0.25, -0.2) is 4.98 Å². The number of pyridine rings is 1. The van der Waals surface area contributed by atoms with Crippen LogP contribution < -0.4 is 9.80 Å². The lowest BCUT2D eigenvalue weighted by atomic mass is 9.42. The Morgan fingerprint density at radius 2 is 1.08 bits per heavy atom. The Labute approximate surface area is 424 Å². The Hall–Kier alpha value is -7.69. The summed E-state index contributed by atoms with van der Waals surface area (Å²) in [5.74, 6) is 4.08. The van der Waals surface area contributed by atoms with Crippen LogP contribution in [0, 0.1) is 30.6 Å². The summed E-state index contributed by atoms with van der Waals surface area (Å²) in [6.45, 7) is 7.69. The fourth-order valence-corrected chi connectivity index (χ4v) is 14.7. The highest BCUT2D eigenvalue weighted by Gasteiger charge is 2.58. The summed E-state index contributed by atoms with van der Waals surface area (Å²) in [6.07, 6.45) is 8.92. The van der Waals surface area contributed by atoms with Gasteiger partial charge in [-0.1, -0.05) is 177 Å². The van der Waals surface area contributed by atoms with Gasteiger partial charge in [-0.15, -0.1) is 0 Å². The molecule has 3 heterocycles. The summed E-state index contributed by atoms with van der Waals surface area (Å²) in [4.78, 5) is 10.3. The van der Waals surface area contributed by atoms with Gasteiger partial charge >= 0.3 is 0 Å². The van der Waals surface area contributed by atoms with Crippen molar-refractivity contribution in [3.63, 3.8) is 0 Å². The van der Waals surface area contributed by atoms with E-state index in [9.17, 15) is 0 Å². The number of para-hydroxylation sites is 4. The van der Waals surface area contributed by atoms with E-state index < -0.39 is 0 Å². The van der Waals surface area contributed by atoms with E-state index in [1.165, 1.54) is 127 Å². The van der Waals surface area contributed by atoms with Crippen LogP contribution in [0.15, 0.2) is 212 Å². The van der Waals surface area contributed by atoms with E-state index in [-0.39, 0.29) is 10.8 Å². The molecule has 2 aromatic heterocycles. The number of nitrogens with zero attached hydrogens (tertiary/aromatic N) is 4. The molecular formula is C68H60N4. The lowest BCUT2D eigenvalue weighted by Gasteiger charge is -2.62. The minimum absolute atomic E-state index is 0.00190. The van der Waals surface area contributed by atoms with Crippen molar-refractivity contribution in [2.45, 2.75) is 63.7 Å². The van der Waals surface area contributed by atoms with E-state index in [0.717, 1.165) is 17.7 Å². The molecule has 5 aliphatic rings. The predicted molar refractivity (Wildman–Crippen MR) is 299 cm³/mol. The van der Waals surface area contributed by atoms with Gasteiger partial charge in [0.2, 0.25) is 0 Å². The molecule has 0 atom stereocenters. The van der Waals surface area contributed by atoms with Gasteiger partial charge in [0, 0.05) is 44.6 Å². The van der Waals surface area contributed by atoms with Crippen LogP contribution in [0.4, 0.5) is 22.7 Å². The van der Waals surface area contributed by atoms with E-state index in [4.69, 9.17) is 4.98 Å². The molecule has 0 amide bonds. The third-order valence-electron chi connectivity index (χ3n) is 17.9. The standard InChI is InChI=1S/C68H60N4/c1-45-28-30-50(31-29-45)68(54-37-46-36-47(39-54)40-55(68)38-46)53-34-35-69-65(43-53)72-61-25-11-10-22-59(61)60-33-32-52(42-64(60)72)67(2,3)51-20-14-21-56(41-51)70-44-71(63-27-13-12-26-62(63)70)66-57(48-16-6-4-7-17-48)23-15-24-58(66)49-18-8-5-9-19-49/h4-35,41-43,46-47,54-55H,36-40,44H2,1-3H3. The minimum Gasteiger partial charge on any atom is -0.321 e. The second-order valence-corrected chi connectivity index (χ2v) is 22.1. The molecule has 0 N–H and O–H groups in total. The van der Waals surface area contributed by atoms with E-state index >= 15 is 0 Å². The van der Waals surface area contributed by atoms with Crippen molar-refractivity contribution in [3.05, 3.63) is 240 Å². The van der Waals surface area contributed by atoms with Crippen molar-refractivity contribution in [2.24, 2.45) is 23.7 Å². The monoisotopic (exact) mass is 932 g/mol. The molecular weight excluding hydrogens is 873 g/mol. The lowest BCUT2D eigenvalue weighted by Crippen LogP contribution is -2.56. The van der Waals surface area contributed by atoms with Gasteiger partial charge in [0.1, 0.15) is 12.5 Å². The summed E-state index contributed by atoms with van der Waals surface area (Å²) in [5, 5.41) is 2.52. The zero-order valence-corrected chi connectivity index (χ0v) is 41.5. The van der Waals surface area contributed by atoms with Crippen LogP contribution in [0.1, 0.15) is 73.8 Å². The van der Waals surface area contributed by atoms with E-state index in [1.54, 1.807) is 0 Å². The van der Waals surface area contributed by atoms with Gasteiger partial charge < -0.3 is 9.80 Å². The molecule has 10 aromatic rings. The van der Waals surface area contributed by atoms with Crippen molar-refractivity contribution in [1.29, 1.82) is 0 Å². The normalized spacial score (nSPS) is 21.2. The third kappa shape index (κ3) is 6.68. The van der Waals surface area contributed by atoms with Crippen LogP contribution >= 0.6 is 0 Å². The molecule has 8 aromatic carbocycles. The molecule has 4 fully saturated rings. The van der Waals surface area contributed by atoms with E-state index in [1.807, 2.05) is 0 Å². The number of fused-ring (bicyclic) bond motifs is 4. The van der Waals surface area contributed by atoms with Crippen molar-refractivity contribution in [1.82, 2.24) is 9.55 Å². The Morgan fingerprint density at radius 1 is 0.486 bits per heavy atom. The Kier molecular flexibility index (Phi) is 10.0. The Morgan fingerprint density at radius 3 is 1.78 bits per heavy atom. The zero-order valence-electron chi connectivity index (χ0n) is 41.5. The first-order valence-electron chi connectivity index (χ1n) is 26.4. The first kappa shape index (κ1) is 43.1. The fraction of sp³-hybridized carbons (Fsp3) is 0.221. The Balaban J connectivity index is 0.860.